The normalized spacial score (nSPS) is 12.2. The summed E-state index contributed by atoms with van der Waals surface area (Å²) in [5.74, 6) is -0.302. The van der Waals surface area contributed by atoms with Crippen LogP contribution in [-0.2, 0) is 0 Å². The number of ketones is 1. The zero-order valence-electron chi connectivity index (χ0n) is 10.9. The van der Waals surface area contributed by atoms with E-state index in [4.69, 9.17) is 0 Å². The van der Waals surface area contributed by atoms with Gasteiger partial charge in [-0.25, -0.2) is 4.39 Å². The molecule has 0 fully saturated rings. The van der Waals surface area contributed by atoms with Crippen LogP contribution in [0.15, 0.2) is 53.4 Å². The van der Waals surface area contributed by atoms with Crippen LogP contribution in [0.1, 0.15) is 22.8 Å². The van der Waals surface area contributed by atoms with Crippen LogP contribution < -0.4 is 0 Å². The van der Waals surface area contributed by atoms with E-state index in [1.165, 1.54) is 36.0 Å². The van der Waals surface area contributed by atoms with E-state index in [9.17, 15) is 9.18 Å². The molecule has 0 amide bonds. The van der Waals surface area contributed by atoms with Crippen molar-refractivity contribution in [1.82, 2.24) is 0 Å². The third kappa shape index (κ3) is 3.44. The van der Waals surface area contributed by atoms with Crippen LogP contribution in [-0.4, -0.2) is 11.0 Å². The summed E-state index contributed by atoms with van der Waals surface area (Å²) in [5.41, 5.74) is 1.71. The van der Waals surface area contributed by atoms with Crippen molar-refractivity contribution < 1.29 is 9.18 Å². The van der Waals surface area contributed by atoms with E-state index in [0.29, 0.717) is 5.56 Å². The lowest BCUT2D eigenvalue weighted by Gasteiger charge is -2.12. The van der Waals surface area contributed by atoms with Crippen LogP contribution in [0.4, 0.5) is 4.39 Å². The highest BCUT2D eigenvalue weighted by atomic mass is 32.2. The summed E-state index contributed by atoms with van der Waals surface area (Å²) >= 11 is 1.53. The summed E-state index contributed by atoms with van der Waals surface area (Å²) in [6.07, 6.45) is 0. The molecule has 2 aromatic carbocycles. The Labute approximate surface area is 116 Å². The number of benzene rings is 2. The molecular weight excluding hydrogens is 259 g/mol. The molecule has 0 aliphatic carbocycles. The molecule has 19 heavy (non-hydrogen) atoms. The molecule has 0 N–H and O–H groups in total. The van der Waals surface area contributed by atoms with E-state index in [-0.39, 0.29) is 16.9 Å². The maximum absolute atomic E-state index is 12.8. The predicted molar refractivity (Wildman–Crippen MR) is 77.2 cm³/mol. The molecule has 1 unspecified atom stereocenters. The van der Waals surface area contributed by atoms with Gasteiger partial charge in [0.1, 0.15) is 5.82 Å². The zero-order chi connectivity index (χ0) is 13.8. The largest absolute Gasteiger partial charge is 0.293 e. The van der Waals surface area contributed by atoms with Gasteiger partial charge in [0.25, 0.3) is 0 Å². The van der Waals surface area contributed by atoms with Crippen molar-refractivity contribution in [1.29, 1.82) is 0 Å². The van der Waals surface area contributed by atoms with Gasteiger partial charge in [0.2, 0.25) is 0 Å². The lowest BCUT2D eigenvalue weighted by Crippen LogP contribution is -2.13. The van der Waals surface area contributed by atoms with Crippen LogP contribution in [0.3, 0.4) is 0 Å². The summed E-state index contributed by atoms with van der Waals surface area (Å²) in [6, 6.07) is 13.7. The first-order valence-electron chi connectivity index (χ1n) is 6.10. The molecule has 1 nitrogen and oxygen atoms in total. The van der Waals surface area contributed by atoms with E-state index >= 15 is 0 Å². The minimum atomic E-state index is -0.323. The number of carbonyl (C=O) groups is 1. The highest BCUT2D eigenvalue weighted by Gasteiger charge is 2.17. The third-order valence-electron chi connectivity index (χ3n) is 2.90. The maximum Gasteiger partial charge on any atom is 0.175 e. The second-order valence-corrected chi connectivity index (χ2v) is 5.78. The molecule has 2 aromatic rings. The second kappa shape index (κ2) is 6.02. The maximum atomic E-state index is 12.8. The summed E-state index contributed by atoms with van der Waals surface area (Å²) in [7, 11) is 0. The van der Waals surface area contributed by atoms with Crippen LogP contribution in [0.5, 0.6) is 0 Å². The molecule has 0 radical (unpaired) electrons. The van der Waals surface area contributed by atoms with E-state index in [1.54, 1.807) is 0 Å². The molecule has 2 rings (SSSR count). The summed E-state index contributed by atoms with van der Waals surface area (Å²) < 4.78 is 12.8. The lowest BCUT2D eigenvalue weighted by molar-refractivity contribution is 0.0994. The molecule has 3 heteroatoms. The summed E-state index contributed by atoms with van der Waals surface area (Å²) in [6.45, 7) is 3.90. The number of hydrogen-bond donors (Lipinski definition) is 0. The number of carbonyl (C=O) groups excluding carboxylic acids is 1. The number of thioether (sulfide) groups is 1. The minimum Gasteiger partial charge on any atom is -0.293 e. The number of halogens is 1. The molecule has 0 aliphatic heterocycles. The van der Waals surface area contributed by atoms with Crippen LogP contribution >= 0.6 is 11.8 Å². The van der Waals surface area contributed by atoms with Gasteiger partial charge in [-0.05, 0) is 49.7 Å². The first-order valence-corrected chi connectivity index (χ1v) is 6.98. The Morgan fingerprint density at radius 2 is 1.74 bits per heavy atom. The van der Waals surface area contributed by atoms with Gasteiger partial charge in [-0.3, -0.25) is 4.79 Å². The SMILES string of the molecule is Cc1ccccc1SC(C)C(=O)c1ccc(F)cc1. The van der Waals surface area contributed by atoms with Crippen LogP contribution in [0, 0.1) is 12.7 Å². The lowest BCUT2D eigenvalue weighted by atomic mass is 10.1. The Kier molecular flexibility index (Phi) is 4.38. The highest BCUT2D eigenvalue weighted by Crippen LogP contribution is 2.28. The average molecular weight is 274 g/mol. The smallest absolute Gasteiger partial charge is 0.175 e. The fraction of sp³-hybridized carbons (Fsp3) is 0.188. The Bertz CT molecular complexity index is 578. The van der Waals surface area contributed by atoms with Gasteiger partial charge in [0, 0.05) is 10.5 Å². The van der Waals surface area contributed by atoms with Gasteiger partial charge in [0.15, 0.2) is 5.78 Å². The standard InChI is InChI=1S/C16H15FOS/c1-11-5-3-4-6-15(11)19-12(2)16(18)13-7-9-14(17)10-8-13/h3-10,12H,1-2H3. The monoisotopic (exact) mass is 274 g/mol. The van der Waals surface area contributed by atoms with Gasteiger partial charge in [-0.1, -0.05) is 18.2 Å². The van der Waals surface area contributed by atoms with E-state index in [0.717, 1.165) is 10.5 Å². The Balaban J connectivity index is 2.12. The topological polar surface area (TPSA) is 17.1 Å². The van der Waals surface area contributed by atoms with Gasteiger partial charge in [-0.2, -0.15) is 0 Å². The summed E-state index contributed by atoms with van der Waals surface area (Å²) in [4.78, 5) is 13.3. The van der Waals surface area contributed by atoms with Gasteiger partial charge in [0.05, 0.1) is 5.25 Å². The van der Waals surface area contributed by atoms with Gasteiger partial charge >= 0.3 is 0 Å². The molecule has 0 heterocycles. The quantitative estimate of drug-likeness (QED) is 0.603. The molecule has 0 aromatic heterocycles. The summed E-state index contributed by atoms with van der Waals surface area (Å²) in [5, 5.41) is -0.188. The average Bonchev–Trinajstić information content (AvgIpc) is 2.41. The number of Topliss-reactive ketones (excluding diaryl/α,β-unsaturated/α-hetero) is 1. The van der Waals surface area contributed by atoms with Crippen molar-refractivity contribution in [3.05, 3.63) is 65.5 Å². The second-order valence-electron chi connectivity index (χ2n) is 4.40. The Morgan fingerprint density at radius 1 is 1.11 bits per heavy atom. The van der Waals surface area contributed by atoms with E-state index < -0.39 is 0 Å². The molecule has 0 spiro atoms. The first-order chi connectivity index (χ1) is 9.08. The number of hydrogen-bond acceptors (Lipinski definition) is 2. The Hall–Kier alpha value is -1.61. The molecule has 0 aliphatic rings. The number of aryl methyl sites for hydroxylation is 1. The van der Waals surface area contributed by atoms with Crippen molar-refractivity contribution >= 4 is 17.5 Å². The van der Waals surface area contributed by atoms with Crippen molar-refractivity contribution in [2.24, 2.45) is 0 Å². The molecule has 98 valence electrons. The van der Waals surface area contributed by atoms with E-state index in [1.807, 2.05) is 38.1 Å². The van der Waals surface area contributed by atoms with Crippen molar-refractivity contribution in [2.75, 3.05) is 0 Å². The molecule has 0 saturated carbocycles. The fourth-order valence-electron chi connectivity index (χ4n) is 1.78. The first kappa shape index (κ1) is 13.8. The minimum absolute atomic E-state index is 0.0215. The van der Waals surface area contributed by atoms with Gasteiger partial charge < -0.3 is 0 Å². The van der Waals surface area contributed by atoms with Crippen molar-refractivity contribution in [3.8, 4) is 0 Å². The van der Waals surface area contributed by atoms with Crippen LogP contribution in [0.2, 0.25) is 0 Å². The van der Waals surface area contributed by atoms with Gasteiger partial charge in [-0.15, -0.1) is 11.8 Å². The molecule has 0 saturated heterocycles. The molecule has 0 bridgehead atoms. The third-order valence-corrected chi connectivity index (χ3v) is 4.17. The predicted octanol–water partition coefficient (Wildman–Crippen LogP) is 4.50. The highest BCUT2D eigenvalue weighted by molar-refractivity contribution is 8.00. The zero-order valence-corrected chi connectivity index (χ0v) is 11.7. The Morgan fingerprint density at radius 3 is 2.37 bits per heavy atom. The fourth-order valence-corrected chi connectivity index (χ4v) is 2.82. The number of rotatable bonds is 4. The molecule has 1 atom stereocenters. The van der Waals surface area contributed by atoms with E-state index in [2.05, 4.69) is 0 Å². The molecular formula is C16H15FOS. The van der Waals surface area contributed by atoms with Crippen LogP contribution in [0.25, 0.3) is 0 Å². The van der Waals surface area contributed by atoms with Crippen molar-refractivity contribution in [3.63, 3.8) is 0 Å². The van der Waals surface area contributed by atoms with Crippen molar-refractivity contribution in [2.45, 2.75) is 24.0 Å².